The molecule has 0 radical (unpaired) electrons. The fourth-order valence-corrected chi connectivity index (χ4v) is 3.50. The van der Waals surface area contributed by atoms with E-state index in [1.165, 1.54) is 12.8 Å². The number of rotatable bonds is 5. The first-order valence-electron chi connectivity index (χ1n) is 8.74. The zero-order chi connectivity index (χ0) is 16.5. The average molecular weight is 325 g/mol. The van der Waals surface area contributed by atoms with Gasteiger partial charge in [-0.3, -0.25) is 9.48 Å². The first-order chi connectivity index (χ1) is 11.7. The first kappa shape index (κ1) is 15.2. The summed E-state index contributed by atoms with van der Waals surface area (Å²) in [4.78, 5) is 14.7. The summed E-state index contributed by atoms with van der Waals surface area (Å²) in [5.74, 6) is 2.35. The molecule has 1 aromatic carbocycles. The predicted octanol–water partition coefficient (Wildman–Crippen LogP) is 2.96. The normalized spacial score (nSPS) is 22.9. The van der Waals surface area contributed by atoms with Gasteiger partial charge >= 0.3 is 0 Å². The van der Waals surface area contributed by atoms with Gasteiger partial charge in [0.1, 0.15) is 23.7 Å². The van der Waals surface area contributed by atoms with Crippen LogP contribution >= 0.6 is 0 Å². The maximum atomic E-state index is 12.7. The van der Waals surface area contributed by atoms with Crippen molar-refractivity contribution in [1.29, 1.82) is 0 Å². The topological polar surface area (TPSA) is 47.4 Å². The third-order valence-corrected chi connectivity index (χ3v) is 5.30. The van der Waals surface area contributed by atoms with Crippen molar-refractivity contribution in [1.82, 2.24) is 14.7 Å². The summed E-state index contributed by atoms with van der Waals surface area (Å²) in [5, 5.41) is 4.52. The van der Waals surface area contributed by atoms with E-state index < -0.39 is 0 Å². The van der Waals surface area contributed by atoms with E-state index in [0.29, 0.717) is 18.2 Å². The number of nitrogens with zero attached hydrogens (tertiary/aromatic N) is 3. The first-order valence-corrected chi connectivity index (χ1v) is 8.74. The van der Waals surface area contributed by atoms with Crippen LogP contribution in [0.5, 0.6) is 5.75 Å². The molecular weight excluding hydrogens is 302 g/mol. The molecule has 2 aromatic rings. The van der Waals surface area contributed by atoms with Gasteiger partial charge in [0, 0.05) is 13.1 Å². The fourth-order valence-electron chi connectivity index (χ4n) is 3.50. The van der Waals surface area contributed by atoms with Gasteiger partial charge in [0.25, 0.3) is 5.91 Å². The minimum Gasteiger partial charge on any atom is -0.487 e. The summed E-state index contributed by atoms with van der Waals surface area (Å²) in [6.07, 6.45) is 2.55. The maximum absolute atomic E-state index is 12.7. The minimum absolute atomic E-state index is 0.110. The average Bonchev–Trinajstić information content (AvgIpc) is 3.03. The molecule has 2 heterocycles. The van der Waals surface area contributed by atoms with Crippen LogP contribution in [0.25, 0.3) is 0 Å². The molecule has 1 amide bonds. The van der Waals surface area contributed by atoms with E-state index in [0.717, 1.165) is 37.0 Å². The molecule has 0 bridgehead atoms. The highest BCUT2D eigenvalue weighted by Crippen LogP contribution is 2.34. The summed E-state index contributed by atoms with van der Waals surface area (Å²) >= 11 is 0. The Balaban J connectivity index is 1.42. The van der Waals surface area contributed by atoms with Crippen molar-refractivity contribution < 1.29 is 9.53 Å². The van der Waals surface area contributed by atoms with Crippen molar-refractivity contribution in [3.05, 3.63) is 47.8 Å². The van der Waals surface area contributed by atoms with E-state index >= 15 is 0 Å². The molecule has 1 fully saturated rings. The molecule has 1 unspecified atom stereocenters. The number of hydrogen-bond acceptors (Lipinski definition) is 3. The van der Waals surface area contributed by atoms with Crippen molar-refractivity contribution in [3.8, 4) is 5.75 Å². The summed E-state index contributed by atoms with van der Waals surface area (Å²) in [6.45, 7) is 5.09. The summed E-state index contributed by atoms with van der Waals surface area (Å²) in [7, 11) is 0. The summed E-state index contributed by atoms with van der Waals surface area (Å²) in [5.41, 5.74) is 1.50. The van der Waals surface area contributed by atoms with Crippen LogP contribution in [-0.4, -0.2) is 33.7 Å². The fraction of sp³-hybridized carbons (Fsp3) is 0.474. The number of amides is 1. The van der Waals surface area contributed by atoms with Crippen molar-refractivity contribution >= 4 is 5.91 Å². The van der Waals surface area contributed by atoms with Crippen molar-refractivity contribution in [2.45, 2.75) is 32.9 Å². The number of aromatic nitrogens is 2. The van der Waals surface area contributed by atoms with Gasteiger partial charge in [0.15, 0.2) is 0 Å². The van der Waals surface area contributed by atoms with Gasteiger partial charge in [0.2, 0.25) is 0 Å². The Labute approximate surface area is 142 Å². The highest BCUT2D eigenvalue weighted by Gasteiger charge is 2.33. The third-order valence-electron chi connectivity index (χ3n) is 5.30. The Hall–Kier alpha value is -2.30. The molecule has 4 rings (SSSR count). The van der Waals surface area contributed by atoms with Crippen LogP contribution in [0.2, 0.25) is 0 Å². The van der Waals surface area contributed by atoms with Crippen LogP contribution in [0, 0.1) is 11.8 Å². The number of para-hydroxylation sites is 1. The second-order valence-electron chi connectivity index (χ2n) is 6.91. The van der Waals surface area contributed by atoms with Gasteiger partial charge in [-0.2, -0.15) is 5.10 Å². The van der Waals surface area contributed by atoms with Gasteiger partial charge in [-0.05, 0) is 36.5 Å². The molecule has 0 saturated heterocycles. The van der Waals surface area contributed by atoms with Crippen LogP contribution in [0.4, 0.5) is 0 Å². The molecule has 1 aliphatic carbocycles. The van der Waals surface area contributed by atoms with Gasteiger partial charge < -0.3 is 9.64 Å². The molecule has 5 heteroatoms. The Morgan fingerprint density at radius 2 is 2.04 bits per heavy atom. The van der Waals surface area contributed by atoms with E-state index in [2.05, 4.69) is 12.0 Å². The van der Waals surface area contributed by atoms with Gasteiger partial charge in [-0.25, -0.2) is 0 Å². The molecule has 24 heavy (non-hydrogen) atoms. The Morgan fingerprint density at radius 3 is 2.75 bits per heavy atom. The maximum Gasteiger partial charge on any atom is 0.272 e. The standard InChI is InChI=1S/C19H23N3O2/c1-14-7-8-15(14)12-21-9-10-22-18(19(21)23)11-16(20-22)13-24-17-5-3-2-4-6-17/h2-6,11,14-15H,7-10,12-13H2,1H3/t14?,15-/m0/s1. The second kappa shape index (κ2) is 6.30. The number of carbonyl (C=O) groups excluding carboxylic acids is 1. The van der Waals surface area contributed by atoms with Crippen LogP contribution in [-0.2, 0) is 13.2 Å². The van der Waals surface area contributed by atoms with Crippen LogP contribution < -0.4 is 4.74 Å². The zero-order valence-corrected chi connectivity index (χ0v) is 14.0. The largest absolute Gasteiger partial charge is 0.487 e. The molecule has 2 atom stereocenters. The lowest BCUT2D eigenvalue weighted by Gasteiger charge is -2.39. The molecule has 1 saturated carbocycles. The third kappa shape index (κ3) is 2.90. The van der Waals surface area contributed by atoms with Crippen LogP contribution in [0.3, 0.4) is 0 Å². The zero-order valence-electron chi connectivity index (χ0n) is 14.0. The SMILES string of the molecule is CC1CC[C@H]1CN1CCn2nc(COc3ccccc3)cc2C1=O. The smallest absolute Gasteiger partial charge is 0.272 e. The van der Waals surface area contributed by atoms with Crippen LogP contribution in [0.1, 0.15) is 35.9 Å². The molecule has 0 N–H and O–H groups in total. The Kier molecular flexibility index (Phi) is 4.00. The lowest BCUT2D eigenvalue weighted by atomic mass is 9.74. The van der Waals surface area contributed by atoms with Gasteiger partial charge in [-0.15, -0.1) is 0 Å². The molecule has 0 spiro atoms. The van der Waals surface area contributed by atoms with E-state index in [9.17, 15) is 4.79 Å². The molecule has 5 nitrogen and oxygen atoms in total. The summed E-state index contributed by atoms with van der Waals surface area (Å²) < 4.78 is 7.56. The Morgan fingerprint density at radius 1 is 1.21 bits per heavy atom. The quantitative estimate of drug-likeness (QED) is 0.849. The Bertz CT molecular complexity index is 725. The lowest BCUT2D eigenvalue weighted by molar-refractivity contribution is 0.0568. The van der Waals surface area contributed by atoms with Gasteiger partial charge in [-0.1, -0.05) is 31.5 Å². The van der Waals surface area contributed by atoms with E-state index in [-0.39, 0.29) is 5.91 Å². The predicted molar refractivity (Wildman–Crippen MR) is 90.8 cm³/mol. The van der Waals surface area contributed by atoms with E-state index in [1.54, 1.807) is 0 Å². The molecule has 2 aliphatic rings. The molecular formula is C19H23N3O2. The van der Waals surface area contributed by atoms with Gasteiger partial charge in [0.05, 0.1) is 6.54 Å². The summed E-state index contributed by atoms with van der Waals surface area (Å²) in [6, 6.07) is 11.6. The molecule has 126 valence electrons. The van der Waals surface area contributed by atoms with Crippen molar-refractivity contribution in [3.63, 3.8) is 0 Å². The monoisotopic (exact) mass is 325 g/mol. The van der Waals surface area contributed by atoms with Crippen molar-refractivity contribution in [2.24, 2.45) is 11.8 Å². The molecule has 1 aliphatic heterocycles. The highest BCUT2D eigenvalue weighted by atomic mass is 16.5. The lowest BCUT2D eigenvalue weighted by Crippen LogP contribution is -2.45. The van der Waals surface area contributed by atoms with Crippen molar-refractivity contribution in [2.75, 3.05) is 13.1 Å². The van der Waals surface area contributed by atoms with Crippen LogP contribution in [0.15, 0.2) is 36.4 Å². The number of carbonyl (C=O) groups is 1. The number of fused-ring (bicyclic) bond motifs is 1. The molecule has 1 aromatic heterocycles. The number of hydrogen-bond donors (Lipinski definition) is 0. The van der Waals surface area contributed by atoms with E-state index in [1.807, 2.05) is 46.0 Å². The number of benzene rings is 1. The minimum atomic E-state index is 0.110. The highest BCUT2D eigenvalue weighted by molar-refractivity contribution is 5.93. The number of ether oxygens (including phenoxy) is 1. The van der Waals surface area contributed by atoms with E-state index in [4.69, 9.17) is 4.74 Å². The second-order valence-corrected chi connectivity index (χ2v) is 6.91.